The van der Waals surface area contributed by atoms with Gasteiger partial charge in [0.05, 0.1) is 6.26 Å². The van der Waals surface area contributed by atoms with Crippen LogP contribution in [0.1, 0.15) is 15.9 Å². The molecule has 0 atom stereocenters. The lowest BCUT2D eigenvalue weighted by atomic mass is 10.0. The highest BCUT2D eigenvalue weighted by Gasteiger charge is 2.10. The summed E-state index contributed by atoms with van der Waals surface area (Å²) in [6.07, 6.45) is 0.935. The Bertz CT molecular complexity index is 719. The minimum atomic E-state index is -3.59. The highest BCUT2D eigenvalue weighted by Crippen LogP contribution is 2.17. The van der Waals surface area contributed by atoms with E-state index in [0.717, 1.165) is 6.26 Å². The summed E-state index contributed by atoms with van der Waals surface area (Å²) in [5.41, 5.74) is 0.709. The van der Waals surface area contributed by atoms with Gasteiger partial charge in [-0.2, -0.15) is 8.42 Å². The summed E-state index contributed by atoms with van der Waals surface area (Å²) >= 11 is 0. The van der Waals surface area contributed by atoms with Crippen LogP contribution in [0.4, 0.5) is 4.39 Å². The van der Waals surface area contributed by atoms with E-state index in [-0.39, 0.29) is 11.5 Å². The van der Waals surface area contributed by atoms with E-state index in [4.69, 9.17) is 0 Å². The van der Waals surface area contributed by atoms with Crippen LogP contribution in [0, 0.1) is 5.82 Å². The van der Waals surface area contributed by atoms with Crippen LogP contribution in [0.3, 0.4) is 0 Å². The van der Waals surface area contributed by atoms with Gasteiger partial charge in [-0.1, -0.05) is 0 Å². The zero-order valence-corrected chi connectivity index (χ0v) is 11.4. The van der Waals surface area contributed by atoms with Gasteiger partial charge in [-0.15, -0.1) is 0 Å². The molecule has 2 aromatic carbocycles. The van der Waals surface area contributed by atoms with Crippen LogP contribution < -0.4 is 4.18 Å². The Morgan fingerprint density at radius 2 is 1.40 bits per heavy atom. The van der Waals surface area contributed by atoms with E-state index in [1.807, 2.05) is 0 Å². The quantitative estimate of drug-likeness (QED) is 0.641. The Balaban J connectivity index is 2.21. The lowest BCUT2D eigenvalue weighted by molar-refractivity contribution is 0.103. The Morgan fingerprint density at radius 1 is 0.950 bits per heavy atom. The molecule has 6 heteroatoms. The summed E-state index contributed by atoms with van der Waals surface area (Å²) in [5, 5.41) is 0. The highest BCUT2D eigenvalue weighted by molar-refractivity contribution is 7.86. The van der Waals surface area contributed by atoms with E-state index in [1.54, 1.807) is 0 Å². The van der Waals surface area contributed by atoms with Gasteiger partial charge in [-0.3, -0.25) is 4.79 Å². The van der Waals surface area contributed by atoms with Crippen molar-refractivity contribution in [2.24, 2.45) is 0 Å². The minimum Gasteiger partial charge on any atom is -0.383 e. The first kappa shape index (κ1) is 14.2. The van der Waals surface area contributed by atoms with Crippen molar-refractivity contribution in [3.05, 3.63) is 65.5 Å². The van der Waals surface area contributed by atoms with Gasteiger partial charge < -0.3 is 4.18 Å². The molecule has 2 rings (SSSR count). The summed E-state index contributed by atoms with van der Waals surface area (Å²) in [6, 6.07) is 10.9. The van der Waals surface area contributed by atoms with Crippen molar-refractivity contribution in [2.45, 2.75) is 0 Å². The third-order valence-corrected chi connectivity index (χ3v) is 2.97. The molecule has 2 aromatic rings. The standard InChI is InChI=1S/C14H11FO4S/c1-20(17,18)19-13-8-4-11(5-9-13)14(16)10-2-6-12(15)7-3-10/h2-9H,1H3. The summed E-state index contributed by atoms with van der Waals surface area (Å²) in [7, 11) is -3.59. The Kier molecular flexibility index (Phi) is 3.85. The first-order chi connectivity index (χ1) is 9.35. The van der Waals surface area contributed by atoms with Crippen LogP contribution >= 0.6 is 0 Å². The fraction of sp³-hybridized carbons (Fsp3) is 0.0714. The first-order valence-electron chi connectivity index (χ1n) is 5.65. The van der Waals surface area contributed by atoms with Crippen molar-refractivity contribution < 1.29 is 21.8 Å². The topological polar surface area (TPSA) is 60.4 Å². The van der Waals surface area contributed by atoms with E-state index in [0.29, 0.717) is 11.1 Å². The number of carbonyl (C=O) groups is 1. The molecule has 0 heterocycles. The second-order valence-electron chi connectivity index (χ2n) is 4.15. The molecule has 0 unspecified atom stereocenters. The predicted octanol–water partition coefficient (Wildman–Crippen LogP) is 2.40. The normalized spacial score (nSPS) is 11.1. The molecule has 20 heavy (non-hydrogen) atoms. The number of benzene rings is 2. The molecule has 4 nitrogen and oxygen atoms in total. The first-order valence-corrected chi connectivity index (χ1v) is 7.46. The fourth-order valence-electron chi connectivity index (χ4n) is 1.60. The zero-order chi connectivity index (χ0) is 14.8. The molecule has 0 aliphatic carbocycles. The summed E-state index contributed by atoms with van der Waals surface area (Å²) < 4.78 is 39.3. The molecule has 0 aliphatic rings. The smallest absolute Gasteiger partial charge is 0.306 e. The summed E-state index contributed by atoms with van der Waals surface area (Å²) in [6.45, 7) is 0. The SMILES string of the molecule is CS(=O)(=O)Oc1ccc(C(=O)c2ccc(F)cc2)cc1. The van der Waals surface area contributed by atoms with E-state index < -0.39 is 15.9 Å². The Labute approximate surface area is 115 Å². The molecule has 0 spiro atoms. The molecule has 0 aliphatic heterocycles. The minimum absolute atomic E-state index is 0.128. The Morgan fingerprint density at radius 3 is 1.85 bits per heavy atom. The molecule has 104 valence electrons. The van der Waals surface area contributed by atoms with Gasteiger partial charge >= 0.3 is 10.1 Å². The number of hydrogen-bond acceptors (Lipinski definition) is 4. The van der Waals surface area contributed by atoms with E-state index in [2.05, 4.69) is 4.18 Å². The van der Waals surface area contributed by atoms with Gasteiger partial charge in [0.15, 0.2) is 5.78 Å². The third-order valence-electron chi connectivity index (χ3n) is 2.47. The van der Waals surface area contributed by atoms with Gasteiger partial charge in [0, 0.05) is 11.1 Å². The largest absolute Gasteiger partial charge is 0.383 e. The molecule has 0 bridgehead atoms. The maximum Gasteiger partial charge on any atom is 0.306 e. The molecular formula is C14H11FO4S. The van der Waals surface area contributed by atoms with E-state index in [9.17, 15) is 17.6 Å². The molecule has 0 N–H and O–H groups in total. The van der Waals surface area contributed by atoms with Crippen LogP contribution in [-0.4, -0.2) is 20.5 Å². The van der Waals surface area contributed by atoms with Crippen LogP contribution in [0.15, 0.2) is 48.5 Å². The van der Waals surface area contributed by atoms with Crippen molar-refractivity contribution in [1.29, 1.82) is 0 Å². The Hall–Kier alpha value is -2.21. The number of rotatable bonds is 4. The average molecular weight is 294 g/mol. The molecule has 0 saturated carbocycles. The number of ketones is 1. The van der Waals surface area contributed by atoms with Crippen molar-refractivity contribution in [1.82, 2.24) is 0 Å². The zero-order valence-electron chi connectivity index (χ0n) is 10.5. The predicted molar refractivity (Wildman–Crippen MR) is 71.7 cm³/mol. The summed E-state index contributed by atoms with van der Waals surface area (Å²) in [4.78, 5) is 12.1. The van der Waals surface area contributed by atoms with Crippen molar-refractivity contribution >= 4 is 15.9 Å². The second kappa shape index (κ2) is 5.42. The molecule has 0 amide bonds. The molecule has 0 fully saturated rings. The lowest BCUT2D eigenvalue weighted by Crippen LogP contribution is -2.06. The van der Waals surface area contributed by atoms with Gasteiger partial charge in [0.2, 0.25) is 0 Å². The number of hydrogen-bond donors (Lipinski definition) is 0. The molecule has 0 radical (unpaired) electrons. The third kappa shape index (κ3) is 3.64. The van der Waals surface area contributed by atoms with Crippen molar-refractivity contribution in [2.75, 3.05) is 6.26 Å². The molecule has 0 aromatic heterocycles. The van der Waals surface area contributed by atoms with Gasteiger partial charge in [0.1, 0.15) is 11.6 Å². The van der Waals surface area contributed by atoms with Crippen LogP contribution in [0.25, 0.3) is 0 Å². The maximum atomic E-state index is 12.8. The molecule has 0 saturated heterocycles. The maximum absolute atomic E-state index is 12.8. The van der Waals surface area contributed by atoms with Crippen molar-refractivity contribution in [3.8, 4) is 5.75 Å². The average Bonchev–Trinajstić information content (AvgIpc) is 2.38. The van der Waals surface area contributed by atoms with E-state index >= 15 is 0 Å². The highest BCUT2D eigenvalue weighted by atomic mass is 32.2. The number of carbonyl (C=O) groups excluding carboxylic acids is 1. The molecular weight excluding hydrogens is 283 g/mol. The van der Waals surface area contributed by atoms with Crippen molar-refractivity contribution in [3.63, 3.8) is 0 Å². The van der Waals surface area contributed by atoms with Gasteiger partial charge in [0.25, 0.3) is 0 Å². The monoisotopic (exact) mass is 294 g/mol. The van der Waals surface area contributed by atoms with Crippen LogP contribution in [-0.2, 0) is 10.1 Å². The summed E-state index contributed by atoms with van der Waals surface area (Å²) in [5.74, 6) is -0.572. The van der Waals surface area contributed by atoms with Gasteiger partial charge in [-0.25, -0.2) is 4.39 Å². The van der Waals surface area contributed by atoms with Crippen LogP contribution in [0.5, 0.6) is 5.75 Å². The van der Waals surface area contributed by atoms with Crippen LogP contribution in [0.2, 0.25) is 0 Å². The second-order valence-corrected chi connectivity index (χ2v) is 5.72. The fourth-order valence-corrected chi connectivity index (χ4v) is 2.07. The lowest BCUT2D eigenvalue weighted by Gasteiger charge is -2.04. The van der Waals surface area contributed by atoms with Gasteiger partial charge in [-0.05, 0) is 48.5 Å². The van der Waals surface area contributed by atoms with E-state index in [1.165, 1.54) is 48.5 Å². The number of halogens is 1.